The molecule has 3 aromatic heterocycles. The number of hydrogen-bond donors (Lipinski definition) is 1. The summed E-state index contributed by atoms with van der Waals surface area (Å²) in [4.78, 5) is 11.9. The van der Waals surface area contributed by atoms with Crippen molar-refractivity contribution in [3.8, 4) is 11.6 Å². The molecule has 0 saturated heterocycles. The van der Waals surface area contributed by atoms with Gasteiger partial charge >= 0.3 is 5.69 Å². The number of aryl methyl sites for hydroxylation is 2. The smallest absolute Gasteiger partial charge is 0.368 e. The number of halogens is 1. The predicted molar refractivity (Wildman–Crippen MR) is 68.4 cm³/mol. The summed E-state index contributed by atoms with van der Waals surface area (Å²) in [6, 6.07) is 1.47. The van der Waals surface area contributed by atoms with Crippen molar-refractivity contribution in [2.24, 2.45) is 14.1 Å². The van der Waals surface area contributed by atoms with Crippen LogP contribution in [0.15, 0.2) is 23.3 Å². The average molecular weight is 295 g/mol. The van der Waals surface area contributed by atoms with E-state index in [0.29, 0.717) is 0 Å². The van der Waals surface area contributed by atoms with Gasteiger partial charge in [-0.2, -0.15) is 13.8 Å². The molecule has 0 bridgehead atoms. The number of nitrogens with one attached hydrogen (secondary N) is 1. The van der Waals surface area contributed by atoms with Gasteiger partial charge in [-0.15, -0.1) is 5.10 Å². The minimum atomic E-state index is -0.558. The van der Waals surface area contributed by atoms with Crippen LogP contribution in [0, 0.1) is 5.95 Å². The number of rotatable bonds is 4. The van der Waals surface area contributed by atoms with Crippen LogP contribution in [0.2, 0.25) is 1.41 Å². The summed E-state index contributed by atoms with van der Waals surface area (Å²) in [6.07, 6.45) is 2.80. The second-order valence-corrected chi connectivity index (χ2v) is 4.35. The maximum absolute atomic E-state index is 14.2. The van der Waals surface area contributed by atoms with Crippen LogP contribution in [-0.4, -0.2) is 34.5 Å². The Morgan fingerprint density at radius 2 is 2.29 bits per heavy atom. The quantitative estimate of drug-likeness (QED) is 0.716. The summed E-state index contributed by atoms with van der Waals surface area (Å²) in [5, 5.41) is 11.8. The summed E-state index contributed by atoms with van der Waals surface area (Å²) >= 11 is 0. The van der Waals surface area contributed by atoms with Crippen LogP contribution >= 0.6 is 0 Å². The summed E-state index contributed by atoms with van der Waals surface area (Å²) in [5.74, 6) is -0.381. The number of aromatic amines is 1. The fraction of sp³-hybridized carbons (Fsp3) is 0.273. The molecule has 0 radical (unpaired) electrons. The van der Waals surface area contributed by atoms with E-state index in [2.05, 4.69) is 15.5 Å². The standard InChI is InChI=1S/C11H12FN7O2/c1-17-5-8(19-11(20)18(2)15-16-19)7(10(17)12)6-21-9-3-4-13-14-9/h3-5H,6H2,1-2H3,(H,13,14)/i/hT. The summed E-state index contributed by atoms with van der Waals surface area (Å²) in [7, 11) is 2.95. The maximum atomic E-state index is 14.2. The van der Waals surface area contributed by atoms with Gasteiger partial charge in [0.2, 0.25) is 11.8 Å². The third kappa shape index (κ3) is 2.20. The van der Waals surface area contributed by atoms with Crippen molar-refractivity contribution in [3.63, 3.8) is 0 Å². The van der Waals surface area contributed by atoms with E-state index in [4.69, 9.17) is 6.15 Å². The maximum Gasteiger partial charge on any atom is 0.368 e. The largest absolute Gasteiger partial charge is 0.471 e. The van der Waals surface area contributed by atoms with Gasteiger partial charge in [0.05, 0.1) is 11.3 Å². The van der Waals surface area contributed by atoms with E-state index < -0.39 is 11.6 Å². The van der Waals surface area contributed by atoms with Crippen LogP contribution in [0.3, 0.4) is 0 Å². The molecule has 0 aliphatic rings. The van der Waals surface area contributed by atoms with Gasteiger partial charge in [0.15, 0.2) is 1.41 Å². The summed E-state index contributed by atoms with van der Waals surface area (Å²) < 4.78 is 30.0. The van der Waals surface area contributed by atoms with Gasteiger partial charge in [-0.3, -0.25) is 5.09 Å². The number of tetrazole rings is 1. The average Bonchev–Trinajstić information content (AvgIpc) is 3.11. The van der Waals surface area contributed by atoms with Gasteiger partial charge in [-0.05, 0) is 10.4 Å². The molecule has 0 amide bonds. The van der Waals surface area contributed by atoms with Crippen molar-refractivity contribution >= 4 is 0 Å². The molecule has 0 aromatic carbocycles. The Kier molecular flexibility index (Phi) is 2.76. The Morgan fingerprint density at radius 1 is 1.48 bits per heavy atom. The molecule has 0 fully saturated rings. The van der Waals surface area contributed by atoms with E-state index >= 15 is 0 Å². The lowest BCUT2D eigenvalue weighted by Crippen LogP contribution is -2.22. The van der Waals surface area contributed by atoms with Gasteiger partial charge in [0, 0.05) is 32.6 Å². The highest BCUT2D eigenvalue weighted by molar-refractivity contribution is 5.39. The number of nitrogens with zero attached hydrogens (tertiary/aromatic N) is 6. The van der Waals surface area contributed by atoms with Crippen molar-refractivity contribution in [2.45, 2.75) is 6.61 Å². The Morgan fingerprint density at radius 3 is 2.90 bits per heavy atom. The van der Waals surface area contributed by atoms with E-state index in [1.54, 1.807) is 0 Å². The monoisotopic (exact) mass is 295 g/mol. The molecule has 0 aliphatic carbocycles. The second kappa shape index (κ2) is 4.89. The van der Waals surface area contributed by atoms with Crippen molar-refractivity contribution in [1.29, 1.82) is 0 Å². The molecule has 0 unspecified atom stereocenters. The molecule has 1 N–H and O–H groups in total. The van der Waals surface area contributed by atoms with Gasteiger partial charge in [-0.25, -0.2) is 4.79 Å². The second-order valence-electron chi connectivity index (χ2n) is 4.35. The van der Waals surface area contributed by atoms with Crippen molar-refractivity contribution in [3.05, 3.63) is 40.5 Å². The van der Waals surface area contributed by atoms with Gasteiger partial charge in [-0.1, -0.05) is 0 Å². The molecule has 3 aromatic rings. The lowest BCUT2D eigenvalue weighted by atomic mass is 10.3. The zero-order chi connectivity index (χ0) is 15.9. The molecule has 0 spiro atoms. The predicted octanol–water partition coefficient (Wildman–Crippen LogP) is -0.254. The Hall–Kier alpha value is -2.91. The van der Waals surface area contributed by atoms with E-state index in [9.17, 15) is 9.18 Å². The molecular formula is C11H12FN7O2. The van der Waals surface area contributed by atoms with Crippen molar-refractivity contribution in [1.82, 2.24) is 34.5 Å². The molecule has 0 atom stereocenters. The van der Waals surface area contributed by atoms with Crippen molar-refractivity contribution < 1.29 is 10.5 Å². The van der Waals surface area contributed by atoms with Gasteiger partial charge in [0.1, 0.15) is 6.61 Å². The molecule has 0 saturated carbocycles. The summed E-state index contributed by atoms with van der Waals surface area (Å²) in [6.45, 7) is -0.165. The molecule has 9 nitrogen and oxygen atoms in total. The molecular weight excluding hydrogens is 281 g/mol. The topological polar surface area (TPSA) is 95.5 Å². The fourth-order valence-corrected chi connectivity index (χ4v) is 1.86. The molecule has 3 heterocycles. The lowest BCUT2D eigenvalue weighted by Gasteiger charge is -2.03. The van der Waals surface area contributed by atoms with Crippen LogP contribution in [0.4, 0.5) is 4.39 Å². The Bertz CT molecular complexity index is 878. The van der Waals surface area contributed by atoms with Crippen molar-refractivity contribution in [2.75, 3.05) is 0 Å². The van der Waals surface area contributed by atoms with E-state index in [-0.39, 0.29) is 23.7 Å². The Balaban J connectivity index is 1.96. The SMILES string of the molecule is [3H]n1ccc(OCc2c(-n3nnn(C)c3=O)cn(C)c2F)n1. The molecule has 110 valence electrons. The first-order valence-corrected chi connectivity index (χ1v) is 5.98. The zero-order valence-corrected chi connectivity index (χ0v) is 11.3. The fourth-order valence-electron chi connectivity index (χ4n) is 1.86. The van der Waals surface area contributed by atoms with E-state index in [1.165, 1.54) is 37.1 Å². The number of H-pyrrole nitrogens is 1. The van der Waals surface area contributed by atoms with Gasteiger partial charge in [0.25, 0.3) is 0 Å². The van der Waals surface area contributed by atoms with Crippen LogP contribution in [0.1, 0.15) is 5.56 Å². The molecule has 10 heteroatoms. The molecule has 3 rings (SSSR count). The molecule has 21 heavy (non-hydrogen) atoms. The first kappa shape index (κ1) is 11.9. The normalized spacial score (nSPS) is 11.7. The van der Waals surface area contributed by atoms with Crippen LogP contribution in [0.25, 0.3) is 5.69 Å². The number of ether oxygens (including phenoxy) is 1. The highest BCUT2D eigenvalue weighted by Crippen LogP contribution is 2.19. The Labute approximate surface area is 119 Å². The van der Waals surface area contributed by atoms with Crippen LogP contribution < -0.4 is 10.4 Å². The summed E-state index contributed by atoms with van der Waals surface area (Å²) in [5.41, 5.74) is -0.115. The third-order valence-corrected chi connectivity index (χ3v) is 2.94. The minimum absolute atomic E-state index is 0.143. The van der Waals surface area contributed by atoms with Crippen LogP contribution in [0.5, 0.6) is 5.88 Å². The minimum Gasteiger partial charge on any atom is -0.471 e. The van der Waals surface area contributed by atoms with E-state index in [0.717, 1.165) is 14.5 Å². The third-order valence-electron chi connectivity index (χ3n) is 2.94. The first-order chi connectivity index (χ1) is 10.5. The first-order valence-electron chi connectivity index (χ1n) is 6.43. The van der Waals surface area contributed by atoms with Crippen LogP contribution in [-0.2, 0) is 20.7 Å². The lowest BCUT2D eigenvalue weighted by molar-refractivity contribution is 0.285. The highest BCUT2D eigenvalue weighted by atomic mass is 19.1. The van der Waals surface area contributed by atoms with E-state index in [1.807, 2.05) is 0 Å². The zero-order valence-electron chi connectivity index (χ0n) is 12.3. The highest BCUT2D eigenvalue weighted by Gasteiger charge is 2.20. The number of hydrogen-bond acceptors (Lipinski definition) is 5. The number of aromatic nitrogens is 7. The molecule has 0 aliphatic heterocycles. The van der Waals surface area contributed by atoms with Gasteiger partial charge < -0.3 is 9.30 Å².